The second-order valence-corrected chi connectivity index (χ2v) is 26.6. The molecule has 0 spiro atoms. The van der Waals surface area contributed by atoms with Crippen LogP contribution in [0.25, 0.3) is 0 Å². The van der Waals surface area contributed by atoms with Crippen LogP contribution >= 0.6 is 0 Å². The van der Waals surface area contributed by atoms with E-state index in [1.165, 1.54) is 77.0 Å². The van der Waals surface area contributed by atoms with E-state index in [0.29, 0.717) is 38.2 Å². The van der Waals surface area contributed by atoms with Gasteiger partial charge >= 0.3 is 20.7 Å². The van der Waals surface area contributed by atoms with Crippen molar-refractivity contribution in [3.8, 4) is 5.75 Å². The Morgan fingerprint density at radius 2 is 0.930 bits per heavy atom. The highest BCUT2D eigenvalue weighted by Crippen LogP contribution is 2.70. The normalized spacial score (nSPS) is 43.2. The van der Waals surface area contributed by atoms with Gasteiger partial charge in [-0.25, -0.2) is 29.4 Å². The summed E-state index contributed by atoms with van der Waals surface area (Å²) in [5.74, 6) is 4.29. The summed E-state index contributed by atoms with van der Waals surface area (Å²) in [4.78, 5) is 71.2. The molecule has 2 unspecified atom stereocenters. The number of nitrogens with zero attached hydrogens (tertiary/aromatic N) is 8. The van der Waals surface area contributed by atoms with E-state index in [1.54, 1.807) is 47.2 Å². The first kappa shape index (κ1) is 53.1. The molecule has 8 saturated carbocycles. The van der Waals surface area contributed by atoms with Crippen molar-refractivity contribution >= 4 is 58.1 Å². The molecule has 382 valence electrons. The van der Waals surface area contributed by atoms with Crippen LogP contribution in [0, 0.1) is 45.3 Å². The Morgan fingerprint density at radius 1 is 0.535 bits per heavy atom. The highest BCUT2D eigenvalue weighted by Gasteiger charge is 2.60. The smallest absolute Gasteiger partial charge is 0.429 e. The van der Waals surface area contributed by atoms with Crippen LogP contribution in [0.4, 0.5) is 4.79 Å². The topological polar surface area (TPSA) is 114 Å². The molecule has 1 aromatic carbocycles. The van der Waals surface area contributed by atoms with E-state index in [0.717, 1.165) is 126 Å². The van der Waals surface area contributed by atoms with Gasteiger partial charge in [0.05, 0.1) is 51.4 Å². The predicted octanol–water partition coefficient (Wildman–Crippen LogP) is 6.27. The van der Waals surface area contributed by atoms with Gasteiger partial charge in [-0.3, -0.25) is 9.59 Å². The van der Waals surface area contributed by atoms with Crippen LogP contribution in [0.15, 0.2) is 24.3 Å². The van der Waals surface area contributed by atoms with Gasteiger partial charge in [0.25, 0.3) is 0 Å². The van der Waals surface area contributed by atoms with E-state index >= 15 is 0 Å². The average molecular weight is 973 g/mol. The third kappa shape index (κ3) is 12.5. The first-order valence-electron chi connectivity index (χ1n) is 26.9. The molecule has 17 rings (SSSR count). The molecule has 4 radical (unpaired) electrons. The van der Waals surface area contributed by atoms with Gasteiger partial charge in [0.15, 0.2) is 5.68 Å². The SMILES string of the molecule is C.CC(=O)Cc1ccc(OC(=O)[B][N+]23CN4CN(CN(C4)C2)C3)cc1.CC(=O)[B]CC12CC3CC(C)(CC(C)(C3)C1)C2.CC(=O)[B]CC12CC3CC(CC(C3)C1)C2.CC(=O)[B][N+]12CN3CN(CN(C3)C1)C2. The summed E-state index contributed by atoms with van der Waals surface area (Å²) < 4.78 is 6.89. The number of carbonyl (C=O) groups excluding carboxylic acids is 5. The molecule has 16 aliphatic rings. The van der Waals surface area contributed by atoms with E-state index in [2.05, 4.69) is 43.2 Å². The highest BCUT2D eigenvalue weighted by atomic mass is 16.5. The molecule has 8 heterocycles. The van der Waals surface area contributed by atoms with Gasteiger partial charge in [0.2, 0.25) is 14.6 Å². The second-order valence-electron chi connectivity index (χ2n) is 26.6. The van der Waals surface area contributed by atoms with Gasteiger partial charge in [-0.2, -0.15) is 0 Å². The van der Waals surface area contributed by atoms with E-state index in [-0.39, 0.29) is 36.1 Å². The van der Waals surface area contributed by atoms with Crippen LogP contribution in [0.3, 0.4) is 0 Å². The van der Waals surface area contributed by atoms with Crippen LogP contribution < -0.4 is 4.74 Å². The number of ketones is 1. The number of hydrogen-bond donors (Lipinski definition) is 0. The Labute approximate surface area is 429 Å². The third-order valence-electron chi connectivity index (χ3n) is 18.3. The molecule has 0 N–H and O–H groups in total. The van der Waals surface area contributed by atoms with Crippen LogP contribution in [0.5, 0.6) is 5.75 Å². The van der Waals surface area contributed by atoms with Gasteiger partial charge in [-0.05, 0) is 168 Å². The van der Waals surface area contributed by atoms with Crippen LogP contribution in [0.2, 0.25) is 12.6 Å². The molecule has 71 heavy (non-hydrogen) atoms. The summed E-state index contributed by atoms with van der Waals surface area (Å²) in [5.41, 5.74) is 3.85. The maximum atomic E-state index is 12.4. The summed E-state index contributed by atoms with van der Waals surface area (Å²) in [7, 11) is 7.49. The Morgan fingerprint density at radius 3 is 1.31 bits per heavy atom. The fourth-order valence-corrected chi connectivity index (χ4v) is 18.3. The molecular formula is C53H84B4N8O6+2. The number of carbonyl (C=O) groups is 5. The lowest BCUT2D eigenvalue weighted by molar-refractivity contribution is -0.886. The van der Waals surface area contributed by atoms with Crippen molar-refractivity contribution in [1.82, 2.24) is 29.4 Å². The molecular weight excluding hydrogens is 888 g/mol. The largest absolute Gasteiger partial charge is 0.583 e. The number of rotatable bonds is 13. The van der Waals surface area contributed by atoms with Crippen LogP contribution in [-0.2, 0) is 25.6 Å². The van der Waals surface area contributed by atoms with Crippen LogP contribution in [-0.4, -0.2) is 176 Å². The van der Waals surface area contributed by atoms with Gasteiger partial charge in [-0.15, -0.1) is 0 Å². The highest BCUT2D eigenvalue weighted by molar-refractivity contribution is 6.73. The number of hydrogen-bond acceptors (Lipinski definition) is 12. The minimum atomic E-state index is -0.320. The number of ether oxygens (including phenoxy) is 1. The zero-order chi connectivity index (χ0) is 49.3. The lowest BCUT2D eigenvalue weighted by Gasteiger charge is -2.65. The maximum Gasteiger partial charge on any atom is 0.583 e. The van der Waals surface area contributed by atoms with Gasteiger partial charge in [0.1, 0.15) is 51.5 Å². The minimum Gasteiger partial charge on any atom is -0.429 e. The van der Waals surface area contributed by atoms with Gasteiger partial charge in [-0.1, -0.05) is 46.0 Å². The Kier molecular flexibility index (Phi) is 15.3. The van der Waals surface area contributed by atoms with Crippen molar-refractivity contribution in [1.29, 1.82) is 0 Å². The maximum absolute atomic E-state index is 12.4. The monoisotopic (exact) mass is 973 g/mol. The van der Waals surface area contributed by atoms with Crippen LogP contribution in [0.1, 0.15) is 132 Å². The Balaban J connectivity index is 0.000000119. The van der Waals surface area contributed by atoms with E-state index in [4.69, 9.17) is 4.74 Å². The molecule has 0 amide bonds. The molecule has 18 heteroatoms. The third-order valence-corrected chi connectivity index (χ3v) is 18.3. The number of Topliss-reactive ketones (excluding diaryl/α,β-unsaturated/α-hetero) is 1. The van der Waals surface area contributed by atoms with Crippen molar-refractivity contribution in [2.75, 3.05) is 80.0 Å². The van der Waals surface area contributed by atoms with Crippen molar-refractivity contribution in [3.63, 3.8) is 0 Å². The van der Waals surface area contributed by atoms with Gasteiger partial charge in [0, 0.05) is 6.42 Å². The molecule has 1 aromatic rings. The van der Waals surface area contributed by atoms with E-state index in [9.17, 15) is 24.0 Å². The fraction of sp³-hybridized carbons (Fsp3) is 0.792. The minimum absolute atomic E-state index is 0. The number of quaternary nitrogens is 2. The van der Waals surface area contributed by atoms with Gasteiger partial charge < -0.3 is 27.9 Å². The zero-order valence-electron chi connectivity index (χ0n) is 43.5. The first-order valence-corrected chi connectivity index (χ1v) is 26.9. The summed E-state index contributed by atoms with van der Waals surface area (Å²) in [6.45, 7) is 23.4. The van der Waals surface area contributed by atoms with Crippen molar-refractivity contribution in [3.05, 3.63) is 29.8 Å². The average Bonchev–Trinajstić information content (AvgIpc) is 3.20. The molecule has 16 bridgehead atoms. The molecule has 16 fully saturated rings. The predicted molar refractivity (Wildman–Crippen MR) is 279 cm³/mol. The fourth-order valence-electron chi connectivity index (χ4n) is 18.3. The molecule has 8 aliphatic heterocycles. The summed E-state index contributed by atoms with van der Waals surface area (Å²) in [6.07, 6.45) is 19.7. The standard InChI is InChI=1S/C16H21BN4O3.C15H24BO.C13H20BO.C8H15BN4O.CH4/c1-13(22)6-14-2-4-15(5-3-14)24-16(23)17-21-10-18-7-19(11-21)9-20(8-18)12-21;1-11(17)16-10-15-6-12-4-13(2,8-15)7-14(3,5-12)9-15;1-9(15)14-8-13-5-10-2-11(6-13)4-12(3-10)7-13;1-8(14)9-13-5-10-2-11(6-13)4-12(3-10)7-13;/h2-5H,6-12H2,1H3;12H,4-10H2,1-3H3;10-12H,2-8H2,1H3;2-7H2,1H3;1H4/q+1;;;+1;. The Bertz CT molecular complexity index is 2060. The summed E-state index contributed by atoms with van der Waals surface area (Å²) >= 11 is 0. The lowest BCUT2D eigenvalue weighted by Crippen LogP contribution is -2.80. The molecule has 8 aliphatic carbocycles. The second kappa shape index (κ2) is 20.4. The zero-order valence-corrected chi connectivity index (χ0v) is 43.5. The molecule has 8 saturated heterocycles. The summed E-state index contributed by atoms with van der Waals surface area (Å²) in [5, 5.41) is 0. The lowest BCUT2D eigenvalue weighted by atomic mass is 9.37. The van der Waals surface area contributed by atoms with Crippen molar-refractivity contribution in [2.24, 2.45) is 45.3 Å². The molecule has 0 aromatic heterocycles. The van der Waals surface area contributed by atoms with Crippen molar-refractivity contribution in [2.45, 2.75) is 145 Å². The van der Waals surface area contributed by atoms with E-state index in [1.807, 2.05) is 34.1 Å². The first-order chi connectivity index (χ1) is 33.1. The Hall–Kier alpha value is -2.69. The quantitative estimate of drug-likeness (QED) is 0.208. The van der Waals surface area contributed by atoms with E-state index < -0.39 is 0 Å². The summed E-state index contributed by atoms with van der Waals surface area (Å²) in [6, 6.07) is 7.14. The molecule has 14 nitrogen and oxygen atoms in total. The van der Waals surface area contributed by atoms with Crippen molar-refractivity contribution < 1.29 is 37.5 Å². The molecule has 2 atom stereocenters. The number of benzene rings is 1.